The Morgan fingerprint density at radius 1 is 1.73 bits per heavy atom. The molecule has 0 spiro atoms. The summed E-state index contributed by atoms with van der Waals surface area (Å²) in [5, 5.41) is 9.64. The summed E-state index contributed by atoms with van der Waals surface area (Å²) in [4.78, 5) is 8.39. The van der Waals surface area contributed by atoms with Gasteiger partial charge in [-0.1, -0.05) is 11.3 Å². The van der Waals surface area contributed by atoms with E-state index in [-0.39, 0.29) is 0 Å². The van der Waals surface area contributed by atoms with Crippen LogP contribution in [0.2, 0.25) is 0 Å². The fraction of sp³-hybridized carbons (Fsp3) is 0.286. The third-order valence-corrected chi connectivity index (χ3v) is 1.25. The summed E-state index contributed by atoms with van der Waals surface area (Å²) >= 11 is 0. The second-order valence-corrected chi connectivity index (χ2v) is 2.05. The minimum absolute atomic E-state index is 0.324. The van der Waals surface area contributed by atoms with Gasteiger partial charge in [0.15, 0.2) is 0 Å². The van der Waals surface area contributed by atoms with Gasteiger partial charge in [-0.3, -0.25) is 15.0 Å². The van der Waals surface area contributed by atoms with Crippen molar-refractivity contribution in [1.29, 1.82) is 0 Å². The van der Waals surface area contributed by atoms with E-state index in [0.29, 0.717) is 6.54 Å². The summed E-state index contributed by atoms with van der Waals surface area (Å²) in [6, 6.07) is 3.66. The molecule has 0 radical (unpaired) electrons. The lowest BCUT2D eigenvalue weighted by atomic mass is 10.3. The minimum Gasteiger partial charge on any atom is -0.289 e. The molecule has 0 atom stereocenters. The first-order chi connectivity index (χ1) is 5.33. The SMILES string of the molecule is CON(O)Cc1cccnc1. The Bertz CT molecular complexity index is 203. The lowest BCUT2D eigenvalue weighted by molar-refractivity contribution is -0.333. The standard InChI is InChI=1S/C7H10N2O2/c1-11-9(10)6-7-3-2-4-8-5-7/h2-5,10H,6H2,1H3. The number of hydroxylamine groups is 2. The van der Waals surface area contributed by atoms with Gasteiger partial charge in [0.2, 0.25) is 0 Å². The van der Waals surface area contributed by atoms with Gasteiger partial charge in [-0.15, -0.1) is 0 Å². The zero-order valence-corrected chi connectivity index (χ0v) is 6.27. The lowest BCUT2D eigenvalue weighted by Gasteiger charge is -2.09. The fourth-order valence-electron chi connectivity index (χ4n) is 0.712. The molecule has 0 aromatic carbocycles. The Morgan fingerprint density at radius 3 is 3.09 bits per heavy atom. The molecule has 0 unspecified atom stereocenters. The monoisotopic (exact) mass is 154 g/mol. The Labute approximate surface area is 65.0 Å². The van der Waals surface area contributed by atoms with E-state index < -0.39 is 0 Å². The normalized spacial score (nSPS) is 10.5. The number of rotatable bonds is 3. The molecule has 11 heavy (non-hydrogen) atoms. The van der Waals surface area contributed by atoms with E-state index in [0.717, 1.165) is 10.8 Å². The highest BCUT2D eigenvalue weighted by molar-refractivity contribution is 5.07. The van der Waals surface area contributed by atoms with Crippen LogP contribution in [0.3, 0.4) is 0 Å². The molecule has 0 saturated heterocycles. The zero-order valence-electron chi connectivity index (χ0n) is 6.27. The average molecular weight is 154 g/mol. The van der Waals surface area contributed by atoms with Crippen molar-refractivity contribution in [3.8, 4) is 0 Å². The fourth-order valence-corrected chi connectivity index (χ4v) is 0.712. The van der Waals surface area contributed by atoms with Crippen LogP contribution < -0.4 is 0 Å². The van der Waals surface area contributed by atoms with Crippen molar-refractivity contribution < 1.29 is 10.0 Å². The molecule has 0 bridgehead atoms. The van der Waals surface area contributed by atoms with Crippen LogP contribution in [0.25, 0.3) is 0 Å². The van der Waals surface area contributed by atoms with E-state index in [9.17, 15) is 0 Å². The van der Waals surface area contributed by atoms with Crippen LogP contribution in [-0.4, -0.2) is 22.5 Å². The van der Waals surface area contributed by atoms with Crippen molar-refractivity contribution in [1.82, 2.24) is 10.2 Å². The summed E-state index contributed by atoms with van der Waals surface area (Å²) in [5.74, 6) is 0. The molecule has 1 rings (SSSR count). The van der Waals surface area contributed by atoms with E-state index in [1.54, 1.807) is 18.5 Å². The van der Waals surface area contributed by atoms with Crippen LogP contribution in [-0.2, 0) is 11.4 Å². The molecule has 1 aromatic heterocycles. The number of hydrogen-bond acceptors (Lipinski definition) is 4. The van der Waals surface area contributed by atoms with E-state index in [1.807, 2.05) is 6.07 Å². The number of hydrogen-bond donors (Lipinski definition) is 1. The minimum atomic E-state index is 0.324. The first kappa shape index (κ1) is 8.13. The van der Waals surface area contributed by atoms with Crippen LogP contribution in [0, 0.1) is 0 Å². The molecule has 4 heteroatoms. The van der Waals surface area contributed by atoms with Gasteiger partial charge in [0.1, 0.15) is 0 Å². The molecule has 0 aliphatic carbocycles. The highest BCUT2D eigenvalue weighted by Gasteiger charge is 1.98. The van der Waals surface area contributed by atoms with E-state index >= 15 is 0 Å². The first-order valence-corrected chi connectivity index (χ1v) is 3.22. The lowest BCUT2D eigenvalue weighted by Crippen LogP contribution is -2.16. The second-order valence-electron chi connectivity index (χ2n) is 2.05. The van der Waals surface area contributed by atoms with E-state index in [4.69, 9.17) is 5.21 Å². The molecule has 0 aliphatic heterocycles. The van der Waals surface area contributed by atoms with Gasteiger partial charge in [-0.25, -0.2) is 0 Å². The van der Waals surface area contributed by atoms with Gasteiger partial charge < -0.3 is 0 Å². The predicted molar refractivity (Wildman–Crippen MR) is 38.6 cm³/mol. The van der Waals surface area contributed by atoms with E-state index in [2.05, 4.69) is 9.82 Å². The molecule has 60 valence electrons. The van der Waals surface area contributed by atoms with Crippen molar-refractivity contribution in [2.24, 2.45) is 0 Å². The molecule has 1 N–H and O–H groups in total. The second kappa shape index (κ2) is 4.02. The van der Waals surface area contributed by atoms with Crippen LogP contribution >= 0.6 is 0 Å². The van der Waals surface area contributed by atoms with Crippen molar-refractivity contribution in [2.75, 3.05) is 7.11 Å². The molecule has 0 fully saturated rings. The van der Waals surface area contributed by atoms with Gasteiger partial charge in [-0.05, 0) is 11.6 Å². The smallest absolute Gasteiger partial charge is 0.0780 e. The molecule has 1 heterocycles. The average Bonchev–Trinajstić information content (AvgIpc) is 2.06. The molecule has 1 aromatic rings. The first-order valence-electron chi connectivity index (χ1n) is 3.22. The summed E-state index contributed by atoms with van der Waals surface area (Å²) in [6.45, 7) is 0.324. The van der Waals surface area contributed by atoms with Crippen molar-refractivity contribution in [3.63, 3.8) is 0 Å². The Morgan fingerprint density at radius 2 is 2.55 bits per heavy atom. The summed E-state index contributed by atoms with van der Waals surface area (Å²) in [5.41, 5.74) is 0.900. The molecular weight excluding hydrogens is 144 g/mol. The largest absolute Gasteiger partial charge is 0.289 e. The Kier molecular flexibility index (Phi) is 2.97. The maximum atomic E-state index is 8.89. The third kappa shape index (κ3) is 2.63. The number of nitrogens with zero attached hydrogens (tertiary/aromatic N) is 2. The van der Waals surface area contributed by atoms with Crippen LogP contribution in [0.5, 0.6) is 0 Å². The molecule has 4 nitrogen and oxygen atoms in total. The van der Waals surface area contributed by atoms with Crippen molar-refractivity contribution >= 4 is 0 Å². The highest BCUT2D eigenvalue weighted by Crippen LogP contribution is 1.99. The molecular formula is C7H10N2O2. The van der Waals surface area contributed by atoms with Gasteiger partial charge in [0.25, 0.3) is 0 Å². The highest BCUT2D eigenvalue weighted by atomic mass is 16.9. The molecule has 0 aliphatic rings. The van der Waals surface area contributed by atoms with Gasteiger partial charge in [0, 0.05) is 12.4 Å². The zero-order chi connectivity index (χ0) is 8.10. The summed E-state index contributed by atoms with van der Waals surface area (Å²) in [6.07, 6.45) is 3.35. The molecule has 0 saturated carbocycles. The van der Waals surface area contributed by atoms with Gasteiger partial charge in [0.05, 0.1) is 13.7 Å². The van der Waals surface area contributed by atoms with Crippen LogP contribution in [0.15, 0.2) is 24.5 Å². The van der Waals surface area contributed by atoms with Crippen LogP contribution in [0.4, 0.5) is 0 Å². The number of pyridine rings is 1. The predicted octanol–water partition coefficient (Wildman–Crippen LogP) is 0.834. The van der Waals surface area contributed by atoms with Gasteiger partial charge >= 0.3 is 0 Å². The Balaban J connectivity index is 2.51. The maximum absolute atomic E-state index is 8.89. The third-order valence-electron chi connectivity index (χ3n) is 1.25. The summed E-state index contributed by atoms with van der Waals surface area (Å²) < 4.78 is 0. The number of aromatic nitrogens is 1. The molecule has 0 amide bonds. The van der Waals surface area contributed by atoms with Gasteiger partial charge in [-0.2, -0.15) is 0 Å². The van der Waals surface area contributed by atoms with E-state index in [1.165, 1.54) is 7.11 Å². The quantitative estimate of drug-likeness (QED) is 0.655. The van der Waals surface area contributed by atoms with Crippen molar-refractivity contribution in [3.05, 3.63) is 30.1 Å². The Hall–Kier alpha value is -0.970. The van der Waals surface area contributed by atoms with Crippen molar-refractivity contribution in [2.45, 2.75) is 6.54 Å². The van der Waals surface area contributed by atoms with Crippen LogP contribution in [0.1, 0.15) is 5.56 Å². The summed E-state index contributed by atoms with van der Waals surface area (Å²) in [7, 11) is 1.40. The topological polar surface area (TPSA) is 45.6 Å². The maximum Gasteiger partial charge on any atom is 0.0780 e.